The summed E-state index contributed by atoms with van der Waals surface area (Å²) in [5, 5.41) is 13.4. The van der Waals surface area contributed by atoms with Crippen LogP contribution >= 0.6 is 11.3 Å². The van der Waals surface area contributed by atoms with Crippen LogP contribution in [0.1, 0.15) is 35.2 Å². The number of carboxylic acid groups (broad SMARTS) is 1. The average molecular weight is 482 g/mol. The van der Waals surface area contributed by atoms with Gasteiger partial charge in [0.1, 0.15) is 22.9 Å². The summed E-state index contributed by atoms with van der Waals surface area (Å²) in [6, 6.07) is 9.02. The third-order valence-corrected chi connectivity index (χ3v) is 6.47. The second kappa shape index (κ2) is 9.10. The minimum absolute atomic E-state index is 0.0209. The Morgan fingerprint density at radius 3 is 2.50 bits per heavy atom. The van der Waals surface area contributed by atoms with Crippen molar-refractivity contribution in [3.05, 3.63) is 73.5 Å². The lowest BCUT2D eigenvalue weighted by Gasteiger charge is -2.12. The number of aromatic carboxylic acids is 1. The zero-order valence-electron chi connectivity index (χ0n) is 18.9. The number of carboxylic acids is 1. The van der Waals surface area contributed by atoms with Crippen LogP contribution in [0.25, 0.3) is 15.9 Å². The van der Waals surface area contributed by atoms with Gasteiger partial charge in [0, 0.05) is 18.8 Å². The third kappa shape index (κ3) is 3.94. The van der Waals surface area contributed by atoms with E-state index in [0.29, 0.717) is 34.9 Å². The quantitative estimate of drug-likeness (QED) is 0.418. The van der Waals surface area contributed by atoms with Gasteiger partial charge in [-0.05, 0) is 25.5 Å². The maximum Gasteiger partial charge on any atom is 0.337 e. The molecule has 0 bridgehead atoms. The van der Waals surface area contributed by atoms with Crippen LogP contribution in [0.3, 0.4) is 0 Å². The standard InChI is InChI=1S/C23H23N5O5S/c1-4-8-16-24-20-18(15(12-34-20)23(32)33)21(30)27(16)11-17(29)25-19-13(2)26(3)28(22(19)31)14-9-6-5-7-10-14/h5-7,9-10,12H,4,8,11H2,1-3H3,(H,25,29)(H,32,33). The number of nitrogens with zero attached hydrogens (tertiary/aromatic N) is 4. The predicted molar refractivity (Wildman–Crippen MR) is 129 cm³/mol. The van der Waals surface area contributed by atoms with Gasteiger partial charge in [-0.3, -0.25) is 23.6 Å². The number of rotatable bonds is 7. The van der Waals surface area contributed by atoms with Crippen molar-refractivity contribution in [2.45, 2.75) is 33.2 Å². The molecule has 176 valence electrons. The molecule has 4 aromatic rings. The first-order valence-corrected chi connectivity index (χ1v) is 11.5. The molecule has 1 aromatic carbocycles. The third-order valence-electron chi connectivity index (χ3n) is 5.60. The summed E-state index contributed by atoms with van der Waals surface area (Å²) in [4.78, 5) is 55.6. The van der Waals surface area contributed by atoms with Gasteiger partial charge in [0.05, 0.1) is 22.3 Å². The lowest BCUT2D eigenvalue weighted by molar-refractivity contribution is -0.116. The normalized spacial score (nSPS) is 11.1. The molecule has 34 heavy (non-hydrogen) atoms. The molecule has 0 saturated carbocycles. The lowest BCUT2D eigenvalue weighted by Crippen LogP contribution is -2.32. The van der Waals surface area contributed by atoms with Crippen molar-refractivity contribution < 1.29 is 14.7 Å². The molecular weight excluding hydrogens is 458 g/mol. The molecule has 0 unspecified atom stereocenters. The predicted octanol–water partition coefficient (Wildman–Crippen LogP) is 2.55. The monoisotopic (exact) mass is 481 g/mol. The summed E-state index contributed by atoms with van der Waals surface area (Å²) < 4.78 is 4.27. The highest BCUT2D eigenvalue weighted by atomic mass is 32.1. The maximum atomic E-state index is 13.2. The Labute approximate surface area is 197 Å². The fraction of sp³-hybridized carbons (Fsp3) is 0.261. The number of carbonyl (C=O) groups is 2. The van der Waals surface area contributed by atoms with Crippen molar-refractivity contribution >= 4 is 39.1 Å². The van der Waals surface area contributed by atoms with Crippen molar-refractivity contribution in [2.24, 2.45) is 7.05 Å². The van der Waals surface area contributed by atoms with Crippen molar-refractivity contribution in [2.75, 3.05) is 5.32 Å². The number of aryl methyl sites for hydroxylation is 1. The van der Waals surface area contributed by atoms with E-state index in [-0.39, 0.29) is 16.6 Å². The number of benzene rings is 1. The molecule has 3 heterocycles. The van der Waals surface area contributed by atoms with Crippen LogP contribution in [0.2, 0.25) is 0 Å². The van der Waals surface area contributed by atoms with Crippen LogP contribution in [0.5, 0.6) is 0 Å². The Balaban J connectivity index is 1.72. The molecule has 0 radical (unpaired) electrons. The van der Waals surface area contributed by atoms with E-state index in [1.807, 2.05) is 25.1 Å². The molecule has 0 saturated heterocycles. The number of thiophene rings is 1. The first-order valence-electron chi connectivity index (χ1n) is 10.6. The Hall–Kier alpha value is -3.99. The molecule has 0 spiro atoms. The van der Waals surface area contributed by atoms with Crippen molar-refractivity contribution in [3.63, 3.8) is 0 Å². The van der Waals surface area contributed by atoms with E-state index >= 15 is 0 Å². The average Bonchev–Trinajstić information content (AvgIpc) is 3.32. The van der Waals surface area contributed by atoms with Crippen LogP contribution in [-0.4, -0.2) is 35.9 Å². The van der Waals surface area contributed by atoms with Gasteiger partial charge < -0.3 is 10.4 Å². The fourth-order valence-electron chi connectivity index (χ4n) is 3.84. The fourth-order valence-corrected chi connectivity index (χ4v) is 4.76. The van der Waals surface area contributed by atoms with Gasteiger partial charge in [0.2, 0.25) is 5.91 Å². The van der Waals surface area contributed by atoms with Crippen molar-refractivity contribution in [3.8, 4) is 5.69 Å². The first kappa shape index (κ1) is 23.2. The molecule has 0 aliphatic carbocycles. The van der Waals surface area contributed by atoms with Crippen LogP contribution in [0, 0.1) is 6.92 Å². The van der Waals surface area contributed by atoms with E-state index in [0.717, 1.165) is 11.3 Å². The number of aromatic nitrogens is 4. The number of anilines is 1. The van der Waals surface area contributed by atoms with Crippen LogP contribution < -0.4 is 16.4 Å². The minimum atomic E-state index is -1.23. The largest absolute Gasteiger partial charge is 0.478 e. The number of para-hydroxylation sites is 1. The van der Waals surface area contributed by atoms with Gasteiger partial charge in [-0.15, -0.1) is 11.3 Å². The van der Waals surface area contributed by atoms with Gasteiger partial charge in [0.25, 0.3) is 11.1 Å². The Bertz CT molecular complexity index is 1530. The number of fused-ring (bicyclic) bond motifs is 1. The van der Waals surface area contributed by atoms with E-state index in [9.17, 15) is 24.3 Å². The van der Waals surface area contributed by atoms with E-state index < -0.39 is 29.5 Å². The summed E-state index contributed by atoms with van der Waals surface area (Å²) >= 11 is 1.08. The van der Waals surface area contributed by atoms with Gasteiger partial charge in [0.15, 0.2) is 0 Å². The molecule has 3 aromatic heterocycles. The second-order valence-electron chi connectivity index (χ2n) is 7.79. The SMILES string of the molecule is CCCc1nc2scc(C(=O)O)c2c(=O)n1CC(=O)Nc1c(C)n(C)n(-c2ccccc2)c1=O. The summed E-state index contributed by atoms with van der Waals surface area (Å²) in [7, 11) is 1.71. The molecule has 0 atom stereocenters. The summed E-state index contributed by atoms with van der Waals surface area (Å²) in [5.74, 6) is -1.43. The summed E-state index contributed by atoms with van der Waals surface area (Å²) in [6.07, 6.45) is 1.11. The van der Waals surface area contributed by atoms with Crippen molar-refractivity contribution in [1.82, 2.24) is 18.9 Å². The highest BCUT2D eigenvalue weighted by Gasteiger charge is 2.22. The molecule has 11 heteroatoms. The molecule has 0 fully saturated rings. The van der Waals surface area contributed by atoms with Crippen LogP contribution in [0.15, 0.2) is 45.3 Å². The van der Waals surface area contributed by atoms with E-state index in [2.05, 4.69) is 10.3 Å². The number of nitrogens with one attached hydrogen (secondary N) is 1. The smallest absolute Gasteiger partial charge is 0.337 e. The highest BCUT2D eigenvalue weighted by Crippen LogP contribution is 2.22. The van der Waals surface area contributed by atoms with Gasteiger partial charge in [-0.2, -0.15) is 0 Å². The Kier molecular flexibility index (Phi) is 6.20. The number of hydrogen-bond donors (Lipinski definition) is 2. The van der Waals surface area contributed by atoms with Crippen LogP contribution in [-0.2, 0) is 24.8 Å². The molecule has 1 amide bonds. The Morgan fingerprint density at radius 1 is 1.15 bits per heavy atom. The number of carbonyl (C=O) groups excluding carboxylic acids is 1. The van der Waals surface area contributed by atoms with Gasteiger partial charge in [-0.1, -0.05) is 25.1 Å². The zero-order valence-corrected chi connectivity index (χ0v) is 19.7. The van der Waals surface area contributed by atoms with E-state index in [4.69, 9.17) is 0 Å². The molecule has 2 N–H and O–H groups in total. The minimum Gasteiger partial charge on any atom is -0.478 e. The topological polar surface area (TPSA) is 128 Å². The Morgan fingerprint density at radius 2 is 1.85 bits per heavy atom. The summed E-state index contributed by atoms with van der Waals surface area (Å²) in [5.41, 5.74) is 0.168. The van der Waals surface area contributed by atoms with Gasteiger partial charge in [-0.25, -0.2) is 14.5 Å². The molecule has 0 aliphatic rings. The first-order chi connectivity index (χ1) is 16.2. The zero-order chi connectivity index (χ0) is 24.6. The summed E-state index contributed by atoms with van der Waals surface area (Å²) in [6.45, 7) is 3.23. The molecule has 4 rings (SSSR count). The molecule has 10 nitrogen and oxygen atoms in total. The number of hydrogen-bond acceptors (Lipinski definition) is 6. The number of amides is 1. The lowest BCUT2D eigenvalue weighted by atomic mass is 10.2. The van der Waals surface area contributed by atoms with E-state index in [1.165, 1.54) is 14.6 Å². The second-order valence-corrected chi connectivity index (χ2v) is 8.65. The highest BCUT2D eigenvalue weighted by molar-refractivity contribution is 7.17. The molecular formula is C23H23N5O5S. The van der Waals surface area contributed by atoms with Gasteiger partial charge >= 0.3 is 5.97 Å². The van der Waals surface area contributed by atoms with E-state index in [1.54, 1.807) is 30.8 Å². The van der Waals surface area contributed by atoms with Crippen LogP contribution in [0.4, 0.5) is 5.69 Å². The van der Waals surface area contributed by atoms with Crippen molar-refractivity contribution in [1.29, 1.82) is 0 Å². The molecule has 0 aliphatic heterocycles. The maximum absolute atomic E-state index is 13.2.